The van der Waals surface area contributed by atoms with Gasteiger partial charge in [-0.1, -0.05) is 35.9 Å². The smallest absolute Gasteiger partial charge is 0.307 e. The summed E-state index contributed by atoms with van der Waals surface area (Å²) >= 11 is 3.54. The summed E-state index contributed by atoms with van der Waals surface area (Å²) in [5.74, 6) is 0. The summed E-state index contributed by atoms with van der Waals surface area (Å²) in [7, 11) is 0. The van der Waals surface area contributed by atoms with E-state index in [-0.39, 0.29) is 0 Å². The molecular formula is C13H11ClN2O3S. The van der Waals surface area contributed by atoms with E-state index < -0.39 is 17.3 Å². The van der Waals surface area contributed by atoms with Crippen LogP contribution in [0.5, 0.6) is 0 Å². The lowest BCUT2D eigenvalue weighted by molar-refractivity contribution is 0.256. The minimum absolute atomic E-state index is 0.513. The Morgan fingerprint density at radius 1 is 1.10 bits per heavy atom. The summed E-state index contributed by atoms with van der Waals surface area (Å²) in [5.41, 5.74) is 2.42. The first-order valence-corrected chi connectivity index (χ1v) is 7.07. The molecule has 0 saturated carbocycles. The van der Waals surface area contributed by atoms with Crippen LogP contribution in [-0.2, 0) is 11.3 Å². The molecule has 0 aliphatic carbocycles. The number of carbonyl (C=O) groups is 1. The van der Waals surface area contributed by atoms with Crippen molar-refractivity contribution in [3.05, 3.63) is 53.6 Å². The Morgan fingerprint density at radius 3 is 2.40 bits per heavy atom. The van der Waals surface area contributed by atoms with Gasteiger partial charge in [-0.2, -0.15) is 0 Å². The van der Waals surface area contributed by atoms with Crippen LogP contribution in [-0.4, -0.2) is 14.8 Å². The molecule has 0 heterocycles. The van der Waals surface area contributed by atoms with Crippen molar-refractivity contribution in [3.63, 3.8) is 0 Å². The van der Waals surface area contributed by atoms with E-state index >= 15 is 0 Å². The van der Waals surface area contributed by atoms with Crippen molar-refractivity contribution in [2.24, 2.45) is 0 Å². The van der Waals surface area contributed by atoms with E-state index in [2.05, 4.69) is 5.32 Å². The molecule has 0 aromatic heterocycles. The molecule has 0 saturated heterocycles. The lowest BCUT2D eigenvalue weighted by Gasteiger charge is -2.06. The van der Waals surface area contributed by atoms with Gasteiger partial charge in [-0.05, 0) is 35.4 Å². The van der Waals surface area contributed by atoms with Crippen LogP contribution in [0.3, 0.4) is 0 Å². The van der Waals surface area contributed by atoms with Crippen LogP contribution in [0.25, 0.3) is 11.1 Å². The molecular weight excluding hydrogens is 300 g/mol. The van der Waals surface area contributed by atoms with E-state index in [1.54, 1.807) is 22.9 Å². The molecule has 2 rings (SSSR count). The molecule has 0 radical (unpaired) electrons. The summed E-state index contributed by atoms with van der Waals surface area (Å²) in [5, 5.41) is 3.08. The lowest BCUT2D eigenvalue weighted by atomic mass is 10.1. The molecule has 2 aromatic carbocycles. The second kappa shape index (κ2) is 6.51. The van der Waals surface area contributed by atoms with Crippen molar-refractivity contribution in [2.45, 2.75) is 0 Å². The van der Waals surface area contributed by atoms with Gasteiger partial charge >= 0.3 is 6.03 Å². The van der Waals surface area contributed by atoms with Crippen LogP contribution in [0.1, 0.15) is 0 Å². The highest BCUT2D eigenvalue weighted by Crippen LogP contribution is 2.24. The first kappa shape index (κ1) is 14.5. The fourth-order valence-electron chi connectivity index (χ4n) is 1.65. The van der Waals surface area contributed by atoms with E-state index in [1.165, 1.54) is 0 Å². The lowest BCUT2D eigenvalue weighted by Crippen LogP contribution is -2.29. The fraction of sp³-hybridized carbons (Fsp3) is 0. The van der Waals surface area contributed by atoms with Crippen molar-refractivity contribution < 1.29 is 13.6 Å². The molecule has 0 aliphatic heterocycles. The zero-order valence-electron chi connectivity index (χ0n) is 10.2. The number of rotatable bonds is 3. The third-order valence-corrected chi connectivity index (χ3v) is 3.08. The zero-order valence-corrected chi connectivity index (χ0v) is 11.7. The number of hydrogen-bond donors (Lipinski definition) is 3. The number of nitrogens with one attached hydrogen (secondary N) is 2. The predicted molar refractivity (Wildman–Crippen MR) is 79.8 cm³/mol. The average molecular weight is 311 g/mol. The minimum atomic E-state index is -2.38. The van der Waals surface area contributed by atoms with Gasteiger partial charge in [0.2, 0.25) is 0 Å². The molecule has 3 N–H and O–H groups in total. The summed E-state index contributed by atoms with van der Waals surface area (Å²) in [6.45, 7) is 0. The zero-order chi connectivity index (χ0) is 14.5. The molecule has 2 amide bonds. The van der Waals surface area contributed by atoms with Crippen LogP contribution < -0.4 is 10.0 Å². The fourth-order valence-corrected chi connectivity index (χ4v) is 2.05. The molecule has 0 spiro atoms. The van der Waals surface area contributed by atoms with E-state index in [9.17, 15) is 9.00 Å². The highest BCUT2D eigenvalue weighted by molar-refractivity contribution is 7.77. The van der Waals surface area contributed by atoms with Gasteiger partial charge < -0.3 is 5.32 Å². The predicted octanol–water partition coefficient (Wildman–Crippen LogP) is 3.27. The van der Waals surface area contributed by atoms with Crippen molar-refractivity contribution in [3.8, 4) is 11.1 Å². The molecule has 2 aromatic rings. The number of carbonyl (C=O) groups excluding carboxylic acids is 1. The van der Waals surface area contributed by atoms with Gasteiger partial charge in [-0.25, -0.2) is 13.7 Å². The number of urea groups is 1. The third kappa shape index (κ3) is 4.06. The van der Waals surface area contributed by atoms with Crippen molar-refractivity contribution in [2.75, 3.05) is 5.32 Å². The summed E-state index contributed by atoms with van der Waals surface area (Å²) in [6.07, 6.45) is 0. The molecule has 1 unspecified atom stereocenters. The molecule has 7 heteroatoms. The molecule has 1 atom stereocenters. The van der Waals surface area contributed by atoms with Gasteiger partial charge in [-0.15, -0.1) is 0 Å². The van der Waals surface area contributed by atoms with E-state index in [0.29, 0.717) is 10.7 Å². The number of benzene rings is 2. The Hall–Kier alpha value is -1.89. The topological polar surface area (TPSA) is 78.4 Å². The first-order chi connectivity index (χ1) is 9.54. The molecule has 0 fully saturated rings. The standard InChI is InChI=1S/C13H11ClN2O3S/c14-11-3-1-2-10(8-11)9-4-6-12(7-5-9)15-13(17)16-20(18)19/h1-8H,(H,18,19)(H2,15,16,17). The van der Waals surface area contributed by atoms with Crippen LogP contribution in [0.4, 0.5) is 10.5 Å². The van der Waals surface area contributed by atoms with Gasteiger partial charge in [0.1, 0.15) is 0 Å². The van der Waals surface area contributed by atoms with E-state index in [4.69, 9.17) is 16.2 Å². The van der Waals surface area contributed by atoms with Crippen LogP contribution in [0.2, 0.25) is 5.02 Å². The van der Waals surface area contributed by atoms with Crippen molar-refractivity contribution in [1.82, 2.24) is 4.72 Å². The van der Waals surface area contributed by atoms with Crippen LogP contribution in [0.15, 0.2) is 48.5 Å². The summed E-state index contributed by atoms with van der Waals surface area (Å²) < 4.78 is 20.7. The maximum atomic E-state index is 11.2. The van der Waals surface area contributed by atoms with Gasteiger partial charge in [-0.3, -0.25) is 4.55 Å². The normalized spacial score (nSPS) is 11.7. The SMILES string of the molecule is O=C(Nc1ccc(-c2cccc(Cl)c2)cc1)NS(=O)O. The number of hydrogen-bond acceptors (Lipinski definition) is 2. The number of anilines is 1. The highest BCUT2D eigenvalue weighted by atomic mass is 35.5. The molecule has 0 aliphatic rings. The Bertz CT molecular complexity index is 646. The van der Waals surface area contributed by atoms with Gasteiger partial charge in [0.25, 0.3) is 11.3 Å². The minimum Gasteiger partial charge on any atom is -0.307 e. The van der Waals surface area contributed by atoms with Gasteiger partial charge in [0, 0.05) is 10.7 Å². The Labute approximate surface area is 123 Å². The van der Waals surface area contributed by atoms with Gasteiger partial charge in [0.15, 0.2) is 0 Å². The third-order valence-electron chi connectivity index (χ3n) is 2.48. The van der Waals surface area contributed by atoms with Gasteiger partial charge in [0.05, 0.1) is 0 Å². The molecule has 5 nitrogen and oxygen atoms in total. The van der Waals surface area contributed by atoms with E-state index in [1.807, 2.05) is 30.3 Å². The molecule has 20 heavy (non-hydrogen) atoms. The maximum Gasteiger partial charge on any atom is 0.332 e. The quantitative estimate of drug-likeness (QED) is 0.761. The second-order valence-corrected chi connectivity index (χ2v) is 5.03. The number of amides is 2. The van der Waals surface area contributed by atoms with Crippen LogP contribution >= 0.6 is 11.6 Å². The Balaban J connectivity index is 2.10. The maximum absolute atomic E-state index is 11.2. The largest absolute Gasteiger partial charge is 0.332 e. The first-order valence-electron chi connectivity index (χ1n) is 5.59. The van der Waals surface area contributed by atoms with Crippen molar-refractivity contribution >= 4 is 34.6 Å². The average Bonchev–Trinajstić information content (AvgIpc) is 2.38. The molecule has 0 bridgehead atoms. The Morgan fingerprint density at radius 2 is 1.80 bits per heavy atom. The highest BCUT2D eigenvalue weighted by Gasteiger charge is 2.04. The summed E-state index contributed by atoms with van der Waals surface area (Å²) in [6, 6.07) is 13.7. The molecule has 104 valence electrons. The van der Waals surface area contributed by atoms with Crippen LogP contribution in [0, 0.1) is 0 Å². The monoisotopic (exact) mass is 310 g/mol. The number of halogens is 1. The summed E-state index contributed by atoms with van der Waals surface area (Å²) in [4.78, 5) is 11.2. The Kier molecular flexibility index (Phi) is 4.73. The van der Waals surface area contributed by atoms with E-state index in [0.717, 1.165) is 11.1 Å². The second-order valence-electron chi connectivity index (χ2n) is 3.89. The van der Waals surface area contributed by atoms with Crippen molar-refractivity contribution in [1.29, 1.82) is 0 Å².